The number of carbonyl (C=O) groups is 1. The molecule has 1 amide bonds. The van der Waals surface area contributed by atoms with Gasteiger partial charge in [0.15, 0.2) is 0 Å². The van der Waals surface area contributed by atoms with E-state index >= 15 is 0 Å². The predicted molar refractivity (Wildman–Crippen MR) is 65.1 cm³/mol. The van der Waals surface area contributed by atoms with Gasteiger partial charge in [0.1, 0.15) is 0 Å². The maximum Gasteiger partial charge on any atom is 0.251 e. The summed E-state index contributed by atoms with van der Waals surface area (Å²) in [6, 6.07) is 7.16. The fourth-order valence-electron chi connectivity index (χ4n) is 1.13. The average Bonchev–Trinajstić information content (AvgIpc) is 2.28. The molecule has 1 rings (SSSR count). The first-order valence-corrected chi connectivity index (χ1v) is 5.58. The van der Waals surface area contributed by atoms with Crippen molar-refractivity contribution in [2.75, 3.05) is 13.1 Å². The quantitative estimate of drug-likeness (QED) is 0.383. The molecule has 6 heteroatoms. The van der Waals surface area contributed by atoms with Gasteiger partial charge < -0.3 is 5.32 Å². The minimum atomic E-state index is -0.123. The highest BCUT2D eigenvalue weighted by molar-refractivity contribution is 9.10. The molecule has 0 radical (unpaired) electrons. The highest BCUT2D eigenvalue weighted by atomic mass is 79.9. The van der Waals surface area contributed by atoms with Crippen LogP contribution in [0.2, 0.25) is 0 Å². The van der Waals surface area contributed by atoms with Gasteiger partial charge in [-0.3, -0.25) is 4.79 Å². The van der Waals surface area contributed by atoms with Gasteiger partial charge >= 0.3 is 0 Å². The van der Waals surface area contributed by atoms with E-state index in [-0.39, 0.29) is 5.91 Å². The predicted octanol–water partition coefficient (Wildman–Crippen LogP) is 2.88. The molecular weight excluding hydrogens is 272 g/mol. The third-order valence-electron chi connectivity index (χ3n) is 1.87. The summed E-state index contributed by atoms with van der Waals surface area (Å²) in [6.45, 7) is 0.902. The molecule has 16 heavy (non-hydrogen) atoms. The molecule has 84 valence electrons. The Morgan fingerprint density at radius 2 is 2.38 bits per heavy atom. The Morgan fingerprint density at radius 1 is 1.56 bits per heavy atom. The second-order valence-corrected chi connectivity index (χ2v) is 3.99. The largest absolute Gasteiger partial charge is 0.352 e. The first-order chi connectivity index (χ1) is 7.74. The van der Waals surface area contributed by atoms with Crippen LogP contribution in [-0.2, 0) is 0 Å². The van der Waals surface area contributed by atoms with Crippen molar-refractivity contribution in [3.63, 3.8) is 0 Å². The van der Waals surface area contributed by atoms with Gasteiger partial charge in [0.05, 0.1) is 0 Å². The molecule has 0 aliphatic heterocycles. The molecule has 0 saturated carbocycles. The fourth-order valence-corrected chi connectivity index (χ4v) is 1.53. The molecule has 0 fully saturated rings. The van der Waals surface area contributed by atoms with Crippen molar-refractivity contribution in [1.82, 2.24) is 5.32 Å². The summed E-state index contributed by atoms with van der Waals surface area (Å²) < 4.78 is 0.870. The van der Waals surface area contributed by atoms with Gasteiger partial charge in [-0.05, 0) is 30.2 Å². The van der Waals surface area contributed by atoms with E-state index in [1.807, 2.05) is 6.07 Å². The van der Waals surface area contributed by atoms with E-state index in [1.165, 1.54) is 0 Å². The van der Waals surface area contributed by atoms with Crippen molar-refractivity contribution in [1.29, 1.82) is 0 Å². The van der Waals surface area contributed by atoms with Crippen molar-refractivity contribution in [2.45, 2.75) is 6.42 Å². The van der Waals surface area contributed by atoms with E-state index in [0.717, 1.165) is 4.47 Å². The molecule has 0 unspecified atom stereocenters. The molecule has 1 N–H and O–H groups in total. The van der Waals surface area contributed by atoms with Crippen LogP contribution in [-0.4, -0.2) is 19.0 Å². The van der Waals surface area contributed by atoms with Gasteiger partial charge in [-0.25, -0.2) is 0 Å². The number of halogens is 1. The van der Waals surface area contributed by atoms with E-state index in [2.05, 4.69) is 31.3 Å². The smallest absolute Gasteiger partial charge is 0.251 e. The number of nitrogens with one attached hydrogen (secondary N) is 1. The minimum absolute atomic E-state index is 0.123. The van der Waals surface area contributed by atoms with Crippen LogP contribution >= 0.6 is 15.9 Å². The lowest BCUT2D eigenvalue weighted by Crippen LogP contribution is -2.24. The minimum Gasteiger partial charge on any atom is -0.352 e. The SMILES string of the molecule is [N-]=[N+]=NCCCNC(=O)c1cccc(Br)c1. The topological polar surface area (TPSA) is 77.9 Å². The molecule has 0 saturated heterocycles. The summed E-state index contributed by atoms with van der Waals surface area (Å²) >= 11 is 3.30. The summed E-state index contributed by atoms with van der Waals surface area (Å²) in [5, 5.41) is 6.12. The summed E-state index contributed by atoms with van der Waals surface area (Å²) in [4.78, 5) is 14.2. The third-order valence-corrected chi connectivity index (χ3v) is 2.36. The van der Waals surface area contributed by atoms with E-state index < -0.39 is 0 Å². The zero-order valence-corrected chi connectivity index (χ0v) is 10.1. The van der Waals surface area contributed by atoms with Crippen molar-refractivity contribution in [3.05, 3.63) is 44.7 Å². The summed E-state index contributed by atoms with van der Waals surface area (Å²) in [5.41, 5.74) is 8.66. The second kappa shape index (κ2) is 6.87. The van der Waals surface area contributed by atoms with Gasteiger partial charge in [0.25, 0.3) is 5.91 Å². The number of benzene rings is 1. The Hall–Kier alpha value is -1.52. The zero-order chi connectivity index (χ0) is 11.8. The number of azide groups is 1. The van der Waals surface area contributed by atoms with Crippen molar-refractivity contribution < 1.29 is 4.79 Å². The highest BCUT2D eigenvalue weighted by Gasteiger charge is 2.03. The van der Waals surface area contributed by atoms with Crippen LogP contribution in [0.25, 0.3) is 10.4 Å². The number of carbonyl (C=O) groups excluding carboxylic acids is 1. The summed E-state index contributed by atoms with van der Waals surface area (Å²) in [6.07, 6.45) is 0.643. The van der Waals surface area contributed by atoms with Crippen LogP contribution in [0.4, 0.5) is 0 Å². The lowest BCUT2D eigenvalue weighted by Gasteiger charge is -2.03. The van der Waals surface area contributed by atoms with E-state index in [9.17, 15) is 4.79 Å². The molecular formula is C10H11BrN4O. The number of rotatable bonds is 5. The zero-order valence-electron chi connectivity index (χ0n) is 8.56. The van der Waals surface area contributed by atoms with Crippen molar-refractivity contribution >= 4 is 21.8 Å². The monoisotopic (exact) mass is 282 g/mol. The molecule has 0 heterocycles. The first-order valence-electron chi connectivity index (χ1n) is 4.78. The van der Waals surface area contributed by atoms with Gasteiger partial charge in [-0.2, -0.15) is 0 Å². The van der Waals surface area contributed by atoms with E-state index in [4.69, 9.17) is 5.53 Å². The lowest BCUT2D eigenvalue weighted by atomic mass is 10.2. The normalized spacial score (nSPS) is 9.31. The van der Waals surface area contributed by atoms with Gasteiger partial charge in [-0.1, -0.05) is 27.1 Å². The standard InChI is InChI=1S/C10H11BrN4O/c11-9-4-1-3-8(7-9)10(16)13-5-2-6-14-15-12/h1,3-4,7H,2,5-6H2,(H,13,16). The van der Waals surface area contributed by atoms with Gasteiger partial charge in [0, 0.05) is 28.0 Å². The Bertz CT molecular complexity index is 415. The fraction of sp³-hybridized carbons (Fsp3) is 0.300. The van der Waals surface area contributed by atoms with Gasteiger partial charge in [-0.15, -0.1) is 0 Å². The lowest BCUT2D eigenvalue weighted by molar-refractivity contribution is 0.0953. The van der Waals surface area contributed by atoms with Crippen LogP contribution in [0.5, 0.6) is 0 Å². The molecule has 1 aromatic carbocycles. The second-order valence-electron chi connectivity index (χ2n) is 3.07. The Kier molecular flexibility index (Phi) is 5.39. The Morgan fingerprint density at radius 3 is 3.06 bits per heavy atom. The molecule has 0 aliphatic rings. The van der Waals surface area contributed by atoms with Crippen LogP contribution in [0.15, 0.2) is 33.9 Å². The van der Waals surface area contributed by atoms with Crippen LogP contribution in [0, 0.1) is 0 Å². The van der Waals surface area contributed by atoms with Gasteiger partial charge in [0.2, 0.25) is 0 Å². The van der Waals surface area contributed by atoms with Crippen molar-refractivity contribution in [2.24, 2.45) is 5.11 Å². The summed E-state index contributed by atoms with van der Waals surface area (Å²) in [7, 11) is 0. The highest BCUT2D eigenvalue weighted by Crippen LogP contribution is 2.11. The Balaban J connectivity index is 2.38. The Labute approximate surface area is 102 Å². The maximum absolute atomic E-state index is 11.6. The first kappa shape index (κ1) is 12.5. The molecule has 0 aliphatic carbocycles. The molecule has 0 aromatic heterocycles. The van der Waals surface area contributed by atoms with E-state index in [0.29, 0.717) is 25.1 Å². The third kappa shape index (κ3) is 4.33. The number of hydrogen-bond acceptors (Lipinski definition) is 2. The number of nitrogens with zero attached hydrogens (tertiary/aromatic N) is 3. The van der Waals surface area contributed by atoms with Crippen molar-refractivity contribution in [3.8, 4) is 0 Å². The number of amides is 1. The molecule has 0 bridgehead atoms. The molecule has 5 nitrogen and oxygen atoms in total. The van der Waals surface area contributed by atoms with Crippen LogP contribution in [0.3, 0.4) is 0 Å². The molecule has 1 aromatic rings. The number of hydrogen-bond donors (Lipinski definition) is 1. The molecule has 0 atom stereocenters. The summed E-state index contributed by atoms with van der Waals surface area (Å²) in [5.74, 6) is -0.123. The van der Waals surface area contributed by atoms with E-state index in [1.54, 1.807) is 18.2 Å². The maximum atomic E-state index is 11.6. The average molecular weight is 283 g/mol. The molecule has 0 spiro atoms. The van der Waals surface area contributed by atoms with Crippen LogP contribution < -0.4 is 5.32 Å². The van der Waals surface area contributed by atoms with Crippen LogP contribution in [0.1, 0.15) is 16.8 Å².